The van der Waals surface area contributed by atoms with Crippen molar-refractivity contribution in [1.29, 1.82) is 0 Å². The fourth-order valence-corrected chi connectivity index (χ4v) is 2.13. The maximum absolute atomic E-state index is 11.6. The topological polar surface area (TPSA) is 54.0 Å². The number of hydrogen-bond donors (Lipinski definition) is 2. The summed E-state index contributed by atoms with van der Waals surface area (Å²) < 4.78 is 0. The SMILES string of the molecule is Cc1ncc(C(=O)NCCCNC2CC2)s1. The molecule has 0 unspecified atom stereocenters. The van der Waals surface area contributed by atoms with Gasteiger partial charge in [-0.1, -0.05) is 0 Å². The third-order valence-corrected chi connectivity index (χ3v) is 3.41. The Morgan fingerprint density at radius 3 is 3.00 bits per heavy atom. The maximum atomic E-state index is 11.6. The third-order valence-electron chi connectivity index (χ3n) is 2.49. The molecule has 0 atom stereocenters. The summed E-state index contributed by atoms with van der Waals surface area (Å²) >= 11 is 1.44. The Balaban J connectivity index is 1.59. The van der Waals surface area contributed by atoms with Crippen LogP contribution in [0.2, 0.25) is 0 Å². The highest BCUT2D eigenvalue weighted by Crippen LogP contribution is 2.18. The molecule has 5 heteroatoms. The van der Waals surface area contributed by atoms with E-state index in [0.717, 1.165) is 30.6 Å². The van der Waals surface area contributed by atoms with Crippen LogP contribution in [-0.2, 0) is 0 Å². The molecule has 0 aliphatic heterocycles. The van der Waals surface area contributed by atoms with E-state index in [4.69, 9.17) is 0 Å². The lowest BCUT2D eigenvalue weighted by atomic mass is 10.4. The molecule has 1 aliphatic carbocycles. The molecule has 0 saturated heterocycles. The van der Waals surface area contributed by atoms with Crippen LogP contribution in [-0.4, -0.2) is 30.0 Å². The fourth-order valence-electron chi connectivity index (χ4n) is 1.44. The fraction of sp³-hybridized carbons (Fsp3) is 0.636. The number of hydrogen-bond acceptors (Lipinski definition) is 4. The summed E-state index contributed by atoms with van der Waals surface area (Å²) in [6.45, 7) is 3.63. The largest absolute Gasteiger partial charge is 0.351 e. The van der Waals surface area contributed by atoms with Gasteiger partial charge in [0.25, 0.3) is 5.91 Å². The maximum Gasteiger partial charge on any atom is 0.263 e. The minimum atomic E-state index is -0.00276. The van der Waals surface area contributed by atoms with Gasteiger partial charge in [0.1, 0.15) is 4.88 Å². The second-order valence-electron chi connectivity index (χ2n) is 4.08. The molecule has 88 valence electrons. The van der Waals surface area contributed by atoms with E-state index in [1.54, 1.807) is 6.20 Å². The predicted molar refractivity (Wildman–Crippen MR) is 64.8 cm³/mol. The van der Waals surface area contributed by atoms with Crippen LogP contribution in [0.15, 0.2) is 6.20 Å². The van der Waals surface area contributed by atoms with E-state index >= 15 is 0 Å². The number of carbonyl (C=O) groups is 1. The molecule has 1 aromatic heterocycles. The van der Waals surface area contributed by atoms with Gasteiger partial charge in [-0.15, -0.1) is 11.3 Å². The molecule has 2 N–H and O–H groups in total. The minimum absolute atomic E-state index is 0.00276. The van der Waals surface area contributed by atoms with E-state index in [2.05, 4.69) is 15.6 Å². The van der Waals surface area contributed by atoms with Crippen molar-refractivity contribution in [3.05, 3.63) is 16.1 Å². The van der Waals surface area contributed by atoms with Gasteiger partial charge >= 0.3 is 0 Å². The Bertz CT molecular complexity index is 360. The van der Waals surface area contributed by atoms with Crippen LogP contribution in [0, 0.1) is 6.92 Å². The average molecular weight is 239 g/mol. The van der Waals surface area contributed by atoms with Crippen molar-refractivity contribution in [2.45, 2.75) is 32.2 Å². The Morgan fingerprint density at radius 2 is 2.38 bits per heavy atom. The van der Waals surface area contributed by atoms with E-state index in [1.807, 2.05) is 6.92 Å². The van der Waals surface area contributed by atoms with Crippen LogP contribution in [0.3, 0.4) is 0 Å². The molecule has 1 amide bonds. The van der Waals surface area contributed by atoms with Crippen LogP contribution in [0.5, 0.6) is 0 Å². The number of nitrogens with zero attached hydrogens (tertiary/aromatic N) is 1. The predicted octanol–water partition coefficient (Wildman–Crippen LogP) is 1.32. The molecule has 1 saturated carbocycles. The highest BCUT2D eigenvalue weighted by molar-refractivity contribution is 7.13. The summed E-state index contributed by atoms with van der Waals surface area (Å²) in [4.78, 5) is 16.4. The van der Waals surface area contributed by atoms with Crippen molar-refractivity contribution in [2.24, 2.45) is 0 Å². The summed E-state index contributed by atoms with van der Waals surface area (Å²) in [6, 6.07) is 0.750. The van der Waals surface area contributed by atoms with Gasteiger partial charge in [-0.25, -0.2) is 4.98 Å². The second kappa shape index (κ2) is 5.41. The summed E-state index contributed by atoms with van der Waals surface area (Å²) in [5.74, 6) is -0.00276. The van der Waals surface area contributed by atoms with Crippen molar-refractivity contribution < 1.29 is 4.79 Å². The summed E-state index contributed by atoms with van der Waals surface area (Å²) in [7, 11) is 0. The number of thiazole rings is 1. The molecular formula is C11H17N3OS. The summed E-state index contributed by atoms with van der Waals surface area (Å²) in [6.07, 6.45) is 5.25. The van der Waals surface area contributed by atoms with Gasteiger partial charge in [0, 0.05) is 12.6 Å². The zero-order valence-corrected chi connectivity index (χ0v) is 10.3. The molecular weight excluding hydrogens is 222 g/mol. The molecule has 0 radical (unpaired) electrons. The van der Waals surface area contributed by atoms with Crippen molar-refractivity contribution in [3.63, 3.8) is 0 Å². The Hall–Kier alpha value is -0.940. The van der Waals surface area contributed by atoms with Crippen molar-refractivity contribution in [1.82, 2.24) is 15.6 Å². The number of aromatic nitrogens is 1. The first kappa shape index (κ1) is 11.5. The van der Waals surface area contributed by atoms with Crippen LogP contribution in [0.4, 0.5) is 0 Å². The first-order valence-corrected chi connectivity index (χ1v) is 6.51. The van der Waals surface area contributed by atoms with E-state index in [-0.39, 0.29) is 5.91 Å². The standard InChI is InChI=1S/C11H17N3OS/c1-8-14-7-10(16-8)11(15)13-6-2-5-12-9-3-4-9/h7,9,12H,2-6H2,1H3,(H,13,15). The van der Waals surface area contributed by atoms with Gasteiger partial charge in [-0.3, -0.25) is 4.79 Å². The highest BCUT2D eigenvalue weighted by atomic mass is 32.1. The smallest absolute Gasteiger partial charge is 0.263 e. The lowest BCUT2D eigenvalue weighted by Gasteiger charge is -2.04. The average Bonchev–Trinajstić information content (AvgIpc) is 2.99. The van der Waals surface area contributed by atoms with E-state index in [9.17, 15) is 4.79 Å². The Morgan fingerprint density at radius 1 is 1.56 bits per heavy atom. The Labute approximate surface area is 99.5 Å². The van der Waals surface area contributed by atoms with Gasteiger partial charge in [0.05, 0.1) is 11.2 Å². The van der Waals surface area contributed by atoms with Crippen molar-refractivity contribution in [3.8, 4) is 0 Å². The monoisotopic (exact) mass is 239 g/mol. The zero-order chi connectivity index (χ0) is 11.4. The minimum Gasteiger partial charge on any atom is -0.351 e. The number of rotatable bonds is 6. The molecule has 1 aliphatic rings. The molecule has 1 aromatic rings. The number of aryl methyl sites for hydroxylation is 1. The van der Waals surface area contributed by atoms with Gasteiger partial charge in [-0.2, -0.15) is 0 Å². The normalized spacial score (nSPS) is 15.1. The number of carbonyl (C=O) groups excluding carboxylic acids is 1. The van der Waals surface area contributed by atoms with E-state index in [0.29, 0.717) is 4.88 Å². The number of amides is 1. The lowest BCUT2D eigenvalue weighted by molar-refractivity contribution is 0.0957. The molecule has 1 fully saturated rings. The Kier molecular flexibility index (Phi) is 3.90. The van der Waals surface area contributed by atoms with E-state index < -0.39 is 0 Å². The quantitative estimate of drug-likeness (QED) is 0.736. The molecule has 4 nitrogen and oxygen atoms in total. The van der Waals surface area contributed by atoms with Crippen LogP contribution in [0.1, 0.15) is 33.9 Å². The number of nitrogens with one attached hydrogen (secondary N) is 2. The molecule has 2 rings (SSSR count). The third kappa shape index (κ3) is 3.57. The first-order chi connectivity index (χ1) is 7.75. The summed E-state index contributed by atoms with van der Waals surface area (Å²) in [5.41, 5.74) is 0. The lowest BCUT2D eigenvalue weighted by Crippen LogP contribution is -2.27. The molecule has 0 bridgehead atoms. The zero-order valence-electron chi connectivity index (χ0n) is 9.45. The van der Waals surface area contributed by atoms with Gasteiger partial charge in [0.2, 0.25) is 0 Å². The van der Waals surface area contributed by atoms with Gasteiger partial charge < -0.3 is 10.6 Å². The van der Waals surface area contributed by atoms with Crippen molar-refractivity contribution in [2.75, 3.05) is 13.1 Å². The van der Waals surface area contributed by atoms with Crippen LogP contribution in [0.25, 0.3) is 0 Å². The van der Waals surface area contributed by atoms with Crippen LogP contribution >= 0.6 is 11.3 Å². The highest BCUT2D eigenvalue weighted by Gasteiger charge is 2.19. The second-order valence-corrected chi connectivity index (χ2v) is 5.32. The van der Waals surface area contributed by atoms with Crippen LogP contribution < -0.4 is 10.6 Å². The molecule has 0 spiro atoms. The van der Waals surface area contributed by atoms with Crippen molar-refractivity contribution >= 4 is 17.2 Å². The molecule has 1 heterocycles. The van der Waals surface area contributed by atoms with Gasteiger partial charge in [-0.05, 0) is 32.7 Å². The first-order valence-electron chi connectivity index (χ1n) is 5.70. The molecule has 16 heavy (non-hydrogen) atoms. The van der Waals surface area contributed by atoms with E-state index in [1.165, 1.54) is 24.2 Å². The molecule has 0 aromatic carbocycles. The van der Waals surface area contributed by atoms with Gasteiger partial charge in [0.15, 0.2) is 0 Å². The summed E-state index contributed by atoms with van der Waals surface area (Å²) in [5, 5.41) is 7.24.